The summed E-state index contributed by atoms with van der Waals surface area (Å²) >= 11 is 0. The van der Waals surface area contributed by atoms with Gasteiger partial charge in [0.1, 0.15) is 5.54 Å². The van der Waals surface area contributed by atoms with Crippen LogP contribution in [0.1, 0.15) is 19.8 Å². The van der Waals surface area contributed by atoms with Gasteiger partial charge < -0.3 is 10.4 Å². The minimum absolute atomic E-state index is 0.0363. The maximum atomic E-state index is 10.6. The number of non-ortho nitro benzene ring substituents is 1. The van der Waals surface area contributed by atoms with Gasteiger partial charge in [-0.1, -0.05) is 19.1 Å². The monoisotopic (exact) mass is 316 g/mol. The molecule has 1 unspecified atom stereocenters. The Morgan fingerprint density at radius 3 is 2.65 bits per heavy atom. The van der Waals surface area contributed by atoms with Crippen LogP contribution in [-0.2, 0) is 0 Å². The van der Waals surface area contributed by atoms with Crippen LogP contribution in [0.4, 0.5) is 11.4 Å². The number of aliphatic hydroxyl groups excluding tert-OH is 1. The van der Waals surface area contributed by atoms with Crippen LogP contribution in [0.25, 0.3) is 0 Å². The summed E-state index contributed by atoms with van der Waals surface area (Å²) in [6.45, 7) is 2.64. The number of azo groups is 1. The second kappa shape index (κ2) is 7.64. The van der Waals surface area contributed by atoms with Crippen LogP contribution in [0.15, 0.2) is 58.4 Å². The first-order valence-corrected chi connectivity index (χ1v) is 7.50. The average Bonchev–Trinajstić information content (AvgIpc) is 2.59. The van der Waals surface area contributed by atoms with Crippen molar-refractivity contribution in [1.82, 2.24) is 5.32 Å². The van der Waals surface area contributed by atoms with Crippen LogP contribution in [-0.4, -0.2) is 28.7 Å². The lowest BCUT2D eigenvalue weighted by Gasteiger charge is -2.25. The first-order valence-electron chi connectivity index (χ1n) is 7.50. The highest BCUT2D eigenvalue weighted by molar-refractivity contribution is 5.43. The highest BCUT2D eigenvalue weighted by atomic mass is 16.6. The molecule has 2 N–H and O–H groups in total. The van der Waals surface area contributed by atoms with Crippen molar-refractivity contribution >= 4 is 11.4 Å². The Balaban J connectivity index is 2.06. The van der Waals surface area contributed by atoms with E-state index in [1.165, 1.54) is 12.1 Å². The van der Waals surface area contributed by atoms with Crippen molar-refractivity contribution in [3.05, 3.63) is 58.3 Å². The van der Waals surface area contributed by atoms with Gasteiger partial charge in [-0.05, 0) is 31.1 Å². The van der Waals surface area contributed by atoms with Crippen LogP contribution in [0.5, 0.6) is 0 Å². The molecule has 23 heavy (non-hydrogen) atoms. The van der Waals surface area contributed by atoms with E-state index in [-0.39, 0.29) is 12.3 Å². The fourth-order valence-corrected chi connectivity index (χ4v) is 2.20. The molecular weight excluding hydrogens is 296 g/mol. The van der Waals surface area contributed by atoms with Crippen LogP contribution in [0, 0.1) is 10.1 Å². The van der Waals surface area contributed by atoms with E-state index in [1.54, 1.807) is 12.1 Å². The lowest BCUT2D eigenvalue weighted by atomic mass is 9.89. The molecule has 0 amide bonds. The molecule has 1 aliphatic carbocycles. The van der Waals surface area contributed by atoms with E-state index >= 15 is 0 Å². The molecule has 0 saturated carbocycles. The van der Waals surface area contributed by atoms with Gasteiger partial charge in [0, 0.05) is 24.4 Å². The molecule has 0 radical (unpaired) electrons. The van der Waals surface area contributed by atoms with Crippen LogP contribution in [0.3, 0.4) is 0 Å². The molecule has 1 atom stereocenters. The molecule has 1 aromatic carbocycles. The number of benzene rings is 1. The molecule has 0 heterocycles. The highest BCUT2D eigenvalue weighted by Crippen LogP contribution is 2.30. The number of nitrogens with zero attached hydrogens (tertiary/aromatic N) is 3. The number of nitro benzene ring substituents is 1. The Labute approximate surface area is 134 Å². The quantitative estimate of drug-likeness (QED) is 0.458. The van der Waals surface area contributed by atoms with Gasteiger partial charge in [0.25, 0.3) is 5.69 Å². The summed E-state index contributed by atoms with van der Waals surface area (Å²) in [4.78, 5) is 10.2. The molecule has 0 bridgehead atoms. The number of allylic oxidation sites excluding steroid dienone is 1. The largest absolute Gasteiger partial charge is 0.395 e. The molecule has 1 aromatic rings. The molecular formula is C16H20N4O3. The number of hydrogen-bond donors (Lipinski definition) is 2. The number of aliphatic hydroxyl groups is 1. The fraction of sp³-hybridized carbons (Fsp3) is 0.375. The zero-order chi connectivity index (χ0) is 16.7. The van der Waals surface area contributed by atoms with Gasteiger partial charge in [0.2, 0.25) is 0 Å². The minimum Gasteiger partial charge on any atom is -0.395 e. The van der Waals surface area contributed by atoms with E-state index < -0.39 is 10.5 Å². The molecule has 0 fully saturated rings. The maximum Gasteiger partial charge on any atom is 0.269 e. The second-order valence-corrected chi connectivity index (χ2v) is 5.28. The topological polar surface area (TPSA) is 100 Å². The van der Waals surface area contributed by atoms with E-state index in [0.29, 0.717) is 18.7 Å². The summed E-state index contributed by atoms with van der Waals surface area (Å²) in [5, 5.41) is 31.2. The first kappa shape index (κ1) is 16.8. The van der Waals surface area contributed by atoms with E-state index in [0.717, 1.165) is 12.1 Å². The van der Waals surface area contributed by atoms with E-state index in [4.69, 9.17) is 5.11 Å². The standard InChI is InChI=1S/C16H20N4O3/c1-2-16(9-7-13(8-10-16)17-11-12-21)19-18-14-3-5-15(6-4-14)20(22)23/h3-9,17,21H,2,10-12H2,1H3. The van der Waals surface area contributed by atoms with Gasteiger partial charge >= 0.3 is 0 Å². The molecule has 0 saturated heterocycles. The van der Waals surface area contributed by atoms with Crippen molar-refractivity contribution in [1.29, 1.82) is 0 Å². The summed E-state index contributed by atoms with van der Waals surface area (Å²) < 4.78 is 0. The lowest BCUT2D eigenvalue weighted by Crippen LogP contribution is -2.26. The summed E-state index contributed by atoms with van der Waals surface area (Å²) in [6.07, 6.45) is 7.49. The predicted octanol–water partition coefficient (Wildman–Crippen LogP) is 3.25. The molecule has 7 nitrogen and oxygen atoms in total. The van der Waals surface area contributed by atoms with E-state index in [1.807, 2.05) is 25.2 Å². The van der Waals surface area contributed by atoms with Gasteiger partial charge in [0.15, 0.2) is 0 Å². The summed E-state index contributed by atoms with van der Waals surface area (Å²) in [5.74, 6) is 0. The summed E-state index contributed by atoms with van der Waals surface area (Å²) in [5.41, 5.74) is 1.19. The Morgan fingerprint density at radius 2 is 2.13 bits per heavy atom. The summed E-state index contributed by atoms with van der Waals surface area (Å²) in [6, 6.07) is 6.00. The van der Waals surface area contributed by atoms with Crippen molar-refractivity contribution in [2.24, 2.45) is 10.2 Å². The smallest absolute Gasteiger partial charge is 0.269 e. The van der Waals surface area contributed by atoms with Crippen molar-refractivity contribution in [2.75, 3.05) is 13.2 Å². The van der Waals surface area contributed by atoms with E-state index in [2.05, 4.69) is 15.5 Å². The SMILES string of the molecule is CCC1(N=Nc2ccc([N+](=O)[O-])cc2)C=CC(NCCO)=CC1. The van der Waals surface area contributed by atoms with Gasteiger partial charge in [0.05, 0.1) is 17.2 Å². The third kappa shape index (κ3) is 4.46. The Bertz CT molecular complexity index is 637. The Kier molecular flexibility index (Phi) is 5.59. The molecule has 0 aliphatic heterocycles. The molecule has 1 aliphatic rings. The van der Waals surface area contributed by atoms with Crippen molar-refractivity contribution < 1.29 is 10.0 Å². The number of nitrogens with one attached hydrogen (secondary N) is 1. The third-order valence-corrected chi connectivity index (χ3v) is 3.73. The highest BCUT2D eigenvalue weighted by Gasteiger charge is 2.26. The van der Waals surface area contributed by atoms with Crippen molar-refractivity contribution in [3.63, 3.8) is 0 Å². The third-order valence-electron chi connectivity index (χ3n) is 3.73. The number of hydrogen-bond acceptors (Lipinski definition) is 6. The van der Waals surface area contributed by atoms with Crippen LogP contribution < -0.4 is 5.32 Å². The molecule has 2 rings (SSSR count). The Morgan fingerprint density at radius 1 is 1.39 bits per heavy atom. The molecule has 0 aromatic heterocycles. The predicted molar refractivity (Wildman–Crippen MR) is 87.6 cm³/mol. The number of nitro groups is 1. The molecule has 7 heteroatoms. The fourth-order valence-electron chi connectivity index (χ4n) is 2.20. The Hall–Kier alpha value is -2.54. The normalized spacial score (nSPS) is 20.5. The van der Waals surface area contributed by atoms with Crippen LogP contribution >= 0.6 is 0 Å². The average molecular weight is 316 g/mol. The van der Waals surface area contributed by atoms with Crippen molar-refractivity contribution in [2.45, 2.75) is 25.3 Å². The van der Waals surface area contributed by atoms with E-state index in [9.17, 15) is 10.1 Å². The zero-order valence-corrected chi connectivity index (χ0v) is 13.0. The first-order chi connectivity index (χ1) is 11.1. The van der Waals surface area contributed by atoms with Crippen molar-refractivity contribution in [3.8, 4) is 0 Å². The van der Waals surface area contributed by atoms with Gasteiger partial charge in [-0.2, -0.15) is 10.2 Å². The zero-order valence-electron chi connectivity index (χ0n) is 13.0. The lowest BCUT2D eigenvalue weighted by molar-refractivity contribution is -0.384. The van der Waals surface area contributed by atoms with Gasteiger partial charge in [-0.25, -0.2) is 0 Å². The molecule has 122 valence electrons. The number of rotatable bonds is 7. The second-order valence-electron chi connectivity index (χ2n) is 5.28. The molecule has 0 spiro atoms. The van der Waals surface area contributed by atoms with Crippen LogP contribution in [0.2, 0.25) is 0 Å². The minimum atomic E-state index is -0.440. The summed E-state index contributed by atoms with van der Waals surface area (Å²) in [7, 11) is 0. The van der Waals surface area contributed by atoms with Gasteiger partial charge in [-0.15, -0.1) is 0 Å². The van der Waals surface area contributed by atoms with Gasteiger partial charge in [-0.3, -0.25) is 10.1 Å². The maximum absolute atomic E-state index is 10.6.